The first-order valence-electron chi connectivity index (χ1n) is 5.82. The van der Waals surface area contributed by atoms with Gasteiger partial charge in [-0.3, -0.25) is 0 Å². The fourth-order valence-corrected chi connectivity index (χ4v) is 3.20. The minimum absolute atomic E-state index is 0.428. The van der Waals surface area contributed by atoms with Gasteiger partial charge in [-0.2, -0.15) is 0 Å². The number of nitrogens with zero attached hydrogens (tertiary/aromatic N) is 3. The van der Waals surface area contributed by atoms with Crippen molar-refractivity contribution in [2.75, 3.05) is 7.11 Å². The molecule has 0 saturated heterocycles. The molecule has 0 aliphatic heterocycles. The van der Waals surface area contributed by atoms with Crippen molar-refractivity contribution in [1.29, 1.82) is 0 Å². The van der Waals surface area contributed by atoms with Gasteiger partial charge < -0.3 is 9.84 Å². The molecule has 0 saturated carbocycles. The lowest BCUT2D eigenvalue weighted by atomic mass is 10.0. The molecule has 18 heavy (non-hydrogen) atoms. The second kappa shape index (κ2) is 4.62. The van der Waals surface area contributed by atoms with E-state index in [1.54, 1.807) is 24.5 Å². The van der Waals surface area contributed by atoms with E-state index in [1.165, 1.54) is 11.2 Å². The highest BCUT2D eigenvalue weighted by Crippen LogP contribution is 2.36. The molecule has 1 atom stereocenters. The van der Waals surface area contributed by atoms with Crippen molar-refractivity contribution in [2.45, 2.75) is 25.4 Å². The normalized spacial score (nSPS) is 18.4. The largest absolute Gasteiger partial charge is 0.481 e. The summed E-state index contributed by atoms with van der Waals surface area (Å²) in [7, 11) is 1.57. The van der Waals surface area contributed by atoms with Gasteiger partial charge in [-0.05, 0) is 19.3 Å². The summed E-state index contributed by atoms with van der Waals surface area (Å²) in [6.07, 6.45) is 3.84. The smallest absolute Gasteiger partial charge is 0.216 e. The maximum absolute atomic E-state index is 9.91. The van der Waals surface area contributed by atoms with Gasteiger partial charge in [0.2, 0.25) is 5.88 Å². The molecule has 1 unspecified atom stereocenters. The van der Waals surface area contributed by atoms with Gasteiger partial charge in [0.05, 0.1) is 18.9 Å². The quantitative estimate of drug-likeness (QED) is 0.897. The third-order valence-electron chi connectivity index (χ3n) is 2.99. The number of rotatable bonds is 2. The molecule has 6 heteroatoms. The number of methoxy groups -OCH3 is 1. The van der Waals surface area contributed by atoms with Crippen molar-refractivity contribution in [1.82, 2.24) is 15.0 Å². The lowest BCUT2D eigenvalue weighted by Gasteiger charge is -2.14. The molecule has 2 aromatic rings. The summed E-state index contributed by atoms with van der Waals surface area (Å²) in [5.41, 5.74) is 1.56. The van der Waals surface area contributed by atoms with Gasteiger partial charge in [0.1, 0.15) is 17.0 Å². The van der Waals surface area contributed by atoms with Crippen LogP contribution in [0, 0.1) is 0 Å². The molecule has 2 aromatic heterocycles. The number of aliphatic hydroxyl groups excluding tert-OH is 1. The number of ether oxygens (including phenoxy) is 1. The Kier molecular flexibility index (Phi) is 2.97. The zero-order valence-corrected chi connectivity index (χ0v) is 10.8. The van der Waals surface area contributed by atoms with E-state index >= 15 is 0 Å². The summed E-state index contributed by atoms with van der Waals surface area (Å²) in [5.74, 6) is 0.522. The Morgan fingerprint density at radius 1 is 1.44 bits per heavy atom. The molecule has 0 fully saturated rings. The second-order valence-electron chi connectivity index (χ2n) is 4.18. The molecule has 0 amide bonds. The highest BCUT2D eigenvalue weighted by atomic mass is 32.1. The standard InChI is InChI=1S/C12H13N3O2S/c1-17-10-5-7(13-6-14-10)12-15-11-8(16)3-2-4-9(11)18-12/h5-6,8,16H,2-4H2,1H3. The number of hydrogen-bond acceptors (Lipinski definition) is 6. The molecule has 1 aliphatic carbocycles. The van der Waals surface area contributed by atoms with Crippen LogP contribution in [0.25, 0.3) is 10.7 Å². The van der Waals surface area contributed by atoms with Crippen LogP contribution < -0.4 is 4.74 Å². The van der Waals surface area contributed by atoms with Crippen molar-refractivity contribution in [3.63, 3.8) is 0 Å². The summed E-state index contributed by atoms with van der Waals surface area (Å²) < 4.78 is 5.08. The van der Waals surface area contributed by atoms with Gasteiger partial charge >= 0.3 is 0 Å². The molecule has 0 aromatic carbocycles. The SMILES string of the molecule is COc1cc(-c2nc3c(s2)CCCC3O)ncn1. The minimum atomic E-state index is -0.428. The number of aliphatic hydroxyl groups is 1. The third kappa shape index (κ3) is 1.97. The van der Waals surface area contributed by atoms with Gasteiger partial charge in [0, 0.05) is 10.9 Å². The summed E-state index contributed by atoms with van der Waals surface area (Å²) >= 11 is 1.59. The van der Waals surface area contributed by atoms with Crippen molar-refractivity contribution < 1.29 is 9.84 Å². The van der Waals surface area contributed by atoms with E-state index < -0.39 is 6.10 Å². The number of fused-ring (bicyclic) bond motifs is 1. The molecule has 3 rings (SSSR count). The van der Waals surface area contributed by atoms with Crippen molar-refractivity contribution in [2.24, 2.45) is 0 Å². The first-order chi connectivity index (χ1) is 8.78. The fourth-order valence-electron chi connectivity index (χ4n) is 2.07. The summed E-state index contributed by atoms with van der Waals surface area (Å²) in [6, 6.07) is 1.76. The molecule has 5 nitrogen and oxygen atoms in total. The zero-order chi connectivity index (χ0) is 12.5. The van der Waals surface area contributed by atoms with Gasteiger partial charge in [-0.25, -0.2) is 15.0 Å². The van der Waals surface area contributed by atoms with Gasteiger partial charge in [-0.1, -0.05) is 0 Å². The van der Waals surface area contributed by atoms with E-state index in [0.717, 1.165) is 35.7 Å². The van der Waals surface area contributed by atoms with E-state index in [-0.39, 0.29) is 0 Å². The Bertz CT molecular complexity index is 570. The third-order valence-corrected chi connectivity index (χ3v) is 4.15. The Balaban J connectivity index is 2.01. The average molecular weight is 263 g/mol. The fraction of sp³-hybridized carbons (Fsp3) is 0.417. The molecule has 1 aliphatic rings. The van der Waals surface area contributed by atoms with Crippen LogP contribution >= 0.6 is 11.3 Å². The Labute approximate surface area is 109 Å². The van der Waals surface area contributed by atoms with E-state index in [0.29, 0.717) is 5.88 Å². The van der Waals surface area contributed by atoms with Crippen LogP contribution in [-0.2, 0) is 6.42 Å². The van der Waals surface area contributed by atoms with Crippen molar-refractivity contribution >= 4 is 11.3 Å². The van der Waals surface area contributed by atoms with Gasteiger partial charge in [0.25, 0.3) is 0 Å². The van der Waals surface area contributed by atoms with Crippen LogP contribution in [0.3, 0.4) is 0 Å². The molecule has 0 radical (unpaired) electrons. The molecule has 0 bridgehead atoms. The average Bonchev–Trinajstić information content (AvgIpc) is 2.84. The van der Waals surface area contributed by atoms with Crippen molar-refractivity contribution in [3.8, 4) is 16.6 Å². The molecule has 1 N–H and O–H groups in total. The van der Waals surface area contributed by atoms with Crippen LogP contribution in [0.15, 0.2) is 12.4 Å². The summed E-state index contributed by atoms with van der Waals surface area (Å²) in [5, 5.41) is 10.7. The monoisotopic (exact) mass is 263 g/mol. The highest BCUT2D eigenvalue weighted by Gasteiger charge is 2.23. The first-order valence-corrected chi connectivity index (χ1v) is 6.63. The maximum atomic E-state index is 9.91. The lowest BCUT2D eigenvalue weighted by molar-refractivity contribution is 0.153. The van der Waals surface area contributed by atoms with Crippen molar-refractivity contribution in [3.05, 3.63) is 23.0 Å². The highest BCUT2D eigenvalue weighted by molar-refractivity contribution is 7.15. The zero-order valence-electron chi connectivity index (χ0n) is 9.96. The van der Waals surface area contributed by atoms with E-state index in [2.05, 4.69) is 15.0 Å². The van der Waals surface area contributed by atoms with Crippen LogP contribution in [-0.4, -0.2) is 27.2 Å². The first kappa shape index (κ1) is 11.6. The molecule has 94 valence electrons. The summed E-state index contributed by atoms with van der Waals surface area (Å²) in [6.45, 7) is 0. The van der Waals surface area contributed by atoms with Crippen LogP contribution in [0.5, 0.6) is 5.88 Å². The number of thiazole rings is 1. The lowest BCUT2D eigenvalue weighted by Crippen LogP contribution is -2.07. The maximum Gasteiger partial charge on any atom is 0.216 e. The minimum Gasteiger partial charge on any atom is -0.481 e. The molecular formula is C12H13N3O2S. The topological polar surface area (TPSA) is 68.1 Å². The van der Waals surface area contributed by atoms with Gasteiger partial charge in [0.15, 0.2) is 0 Å². The second-order valence-corrected chi connectivity index (χ2v) is 5.26. The van der Waals surface area contributed by atoms with Crippen LogP contribution in [0.1, 0.15) is 29.5 Å². The number of aromatic nitrogens is 3. The molecule has 0 spiro atoms. The van der Waals surface area contributed by atoms with E-state index in [4.69, 9.17) is 4.74 Å². The van der Waals surface area contributed by atoms with Crippen LogP contribution in [0.4, 0.5) is 0 Å². The number of aryl methyl sites for hydroxylation is 1. The Morgan fingerprint density at radius 3 is 3.11 bits per heavy atom. The summed E-state index contributed by atoms with van der Waals surface area (Å²) in [4.78, 5) is 13.8. The molecular weight excluding hydrogens is 250 g/mol. The Hall–Kier alpha value is -1.53. The van der Waals surface area contributed by atoms with E-state index in [1.807, 2.05) is 0 Å². The predicted molar refractivity (Wildman–Crippen MR) is 67.6 cm³/mol. The van der Waals surface area contributed by atoms with E-state index in [9.17, 15) is 5.11 Å². The van der Waals surface area contributed by atoms with Crippen LogP contribution in [0.2, 0.25) is 0 Å². The van der Waals surface area contributed by atoms with Gasteiger partial charge in [-0.15, -0.1) is 11.3 Å². The number of hydrogen-bond donors (Lipinski definition) is 1. The Morgan fingerprint density at radius 2 is 2.33 bits per heavy atom. The predicted octanol–water partition coefficient (Wildman–Crippen LogP) is 1.98. The molecule has 2 heterocycles.